The number of benzene rings is 2. The number of carbonyl (C=O) groups excluding carboxylic acids is 1. The average molecular weight is 407 g/mol. The fourth-order valence-corrected chi connectivity index (χ4v) is 4.13. The van der Waals surface area contributed by atoms with Crippen molar-refractivity contribution < 1.29 is 9.90 Å². The highest BCUT2D eigenvalue weighted by Crippen LogP contribution is 2.29. The Hall–Kier alpha value is -3.03. The summed E-state index contributed by atoms with van der Waals surface area (Å²) in [5, 5.41) is 15.7. The summed E-state index contributed by atoms with van der Waals surface area (Å²) in [6.07, 6.45) is 1.67. The fraction of sp³-hybridized carbons (Fsp3) is 0.227. The molecule has 1 unspecified atom stereocenters. The fourth-order valence-electron chi connectivity index (χ4n) is 3.41. The first-order valence-electron chi connectivity index (χ1n) is 9.58. The number of aliphatic imine (C=N–C) groups is 1. The zero-order chi connectivity index (χ0) is 20.2. The Bertz CT molecular complexity index is 1090. The van der Waals surface area contributed by atoms with E-state index in [4.69, 9.17) is 0 Å². The van der Waals surface area contributed by atoms with Gasteiger partial charge in [0.2, 0.25) is 5.96 Å². The lowest BCUT2D eigenvalue weighted by Crippen LogP contribution is -2.26. The van der Waals surface area contributed by atoms with E-state index >= 15 is 0 Å². The summed E-state index contributed by atoms with van der Waals surface area (Å²) in [6.45, 7) is 1.94. The van der Waals surface area contributed by atoms with Gasteiger partial charge in [0.25, 0.3) is 5.91 Å². The van der Waals surface area contributed by atoms with E-state index in [-0.39, 0.29) is 12.5 Å². The van der Waals surface area contributed by atoms with Crippen molar-refractivity contribution >= 4 is 39.0 Å². The Morgan fingerprint density at radius 2 is 2.03 bits per heavy atom. The van der Waals surface area contributed by atoms with Crippen molar-refractivity contribution in [3.8, 4) is 0 Å². The maximum atomic E-state index is 12.7. The van der Waals surface area contributed by atoms with E-state index in [0.29, 0.717) is 11.7 Å². The van der Waals surface area contributed by atoms with Crippen LogP contribution in [0.15, 0.2) is 64.7 Å². The van der Waals surface area contributed by atoms with Crippen molar-refractivity contribution in [3.63, 3.8) is 0 Å². The number of hydrogen-bond donors (Lipinski definition) is 3. The molecular weight excluding hydrogens is 384 g/mol. The first kappa shape index (κ1) is 19.3. The molecule has 0 spiro atoms. The van der Waals surface area contributed by atoms with E-state index in [2.05, 4.69) is 33.6 Å². The van der Waals surface area contributed by atoms with Crippen molar-refractivity contribution in [3.05, 3.63) is 70.9 Å². The van der Waals surface area contributed by atoms with Gasteiger partial charge in [-0.25, -0.2) is 9.98 Å². The van der Waals surface area contributed by atoms with Crippen LogP contribution in [-0.4, -0.2) is 28.6 Å². The van der Waals surface area contributed by atoms with Crippen LogP contribution in [0.2, 0.25) is 0 Å². The summed E-state index contributed by atoms with van der Waals surface area (Å²) < 4.78 is 1.09. The molecule has 148 valence electrons. The predicted octanol–water partition coefficient (Wildman–Crippen LogP) is 3.62. The Kier molecular flexibility index (Phi) is 5.69. The van der Waals surface area contributed by atoms with Crippen molar-refractivity contribution in [2.75, 3.05) is 6.61 Å². The molecule has 0 bridgehead atoms. The molecule has 3 aromatic rings. The third-order valence-corrected chi connectivity index (χ3v) is 5.62. The third-order valence-electron chi connectivity index (χ3n) is 4.83. The van der Waals surface area contributed by atoms with Gasteiger partial charge in [-0.2, -0.15) is 0 Å². The molecule has 0 aliphatic carbocycles. The molecule has 4 rings (SSSR count). The minimum Gasteiger partial charge on any atom is -0.394 e. The van der Waals surface area contributed by atoms with Crippen molar-refractivity contribution in [1.82, 2.24) is 15.6 Å². The molecule has 29 heavy (non-hydrogen) atoms. The molecule has 2 aromatic carbocycles. The second kappa shape index (κ2) is 8.55. The van der Waals surface area contributed by atoms with Gasteiger partial charge < -0.3 is 10.4 Å². The van der Waals surface area contributed by atoms with E-state index in [1.165, 1.54) is 0 Å². The second-order valence-electron chi connectivity index (χ2n) is 6.80. The molecule has 1 amide bonds. The Balaban J connectivity index is 1.68. The number of guanidine groups is 1. The normalized spacial score (nSPS) is 18.0. The number of nitrogens with one attached hydrogen (secondary N) is 2. The first-order valence-corrected chi connectivity index (χ1v) is 10.5. The molecule has 3 N–H and O–H groups in total. The third kappa shape index (κ3) is 4.06. The van der Waals surface area contributed by atoms with Gasteiger partial charge in [0, 0.05) is 0 Å². The van der Waals surface area contributed by atoms with Crippen molar-refractivity contribution in [2.45, 2.75) is 25.8 Å². The smallest absolute Gasteiger partial charge is 0.274 e. The van der Waals surface area contributed by atoms with Gasteiger partial charge in [0.05, 0.1) is 22.3 Å². The van der Waals surface area contributed by atoms with Crippen LogP contribution in [0.3, 0.4) is 0 Å². The number of amides is 1. The maximum Gasteiger partial charge on any atom is 0.274 e. The largest absolute Gasteiger partial charge is 0.394 e. The number of hydrogen-bond acceptors (Lipinski definition) is 5. The lowest BCUT2D eigenvalue weighted by Gasteiger charge is -2.11. The van der Waals surface area contributed by atoms with E-state index in [9.17, 15) is 9.90 Å². The first-order chi connectivity index (χ1) is 14.2. The standard InChI is InChI=1S/C22H22N4O2S/c1-2-6-16(15-9-10-17-19(11-15)29-13-23-17)20-21(28)26-22(25-20)24-18(12-27)14-7-4-3-5-8-14/h3-5,7-11,13,18,27H,2,6,12H2,1H3,(H2,24,25,26,28)/b20-16-. The number of carbonyl (C=O) groups is 1. The minimum atomic E-state index is -0.443. The van der Waals surface area contributed by atoms with E-state index in [0.717, 1.165) is 39.8 Å². The molecule has 1 aliphatic rings. The lowest BCUT2D eigenvalue weighted by atomic mass is 9.99. The summed E-state index contributed by atoms with van der Waals surface area (Å²) in [7, 11) is 0. The number of aliphatic hydroxyl groups is 1. The summed E-state index contributed by atoms with van der Waals surface area (Å²) >= 11 is 1.58. The molecule has 1 aromatic heterocycles. The molecule has 1 fully saturated rings. The quantitative estimate of drug-likeness (QED) is 0.546. The number of aliphatic hydroxyl groups excluding tert-OH is 1. The van der Waals surface area contributed by atoms with E-state index in [1.807, 2.05) is 48.0 Å². The molecular formula is C22H22N4O2S. The molecule has 2 heterocycles. The highest BCUT2D eigenvalue weighted by Gasteiger charge is 2.27. The molecule has 6 nitrogen and oxygen atoms in total. The van der Waals surface area contributed by atoms with Gasteiger partial charge in [-0.3, -0.25) is 10.1 Å². The van der Waals surface area contributed by atoms with Crippen LogP contribution in [0, 0.1) is 0 Å². The zero-order valence-electron chi connectivity index (χ0n) is 16.1. The number of rotatable bonds is 6. The Morgan fingerprint density at radius 1 is 1.21 bits per heavy atom. The van der Waals surface area contributed by atoms with Gasteiger partial charge in [-0.15, -0.1) is 11.3 Å². The molecule has 1 atom stereocenters. The van der Waals surface area contributed by atoms with Crippen LogP contribution in [-0.2, 0) is 4.79 Å². The van der Waals surface area contributed by atoms with E-state index < -0.39 is 6.04 Å². The summed E-state index contributed by atoms with van der Waals surface area (Å²) in [6, 6.07) is 15.2. The zero-order valence-corrected chi connectivity index (χ0v) is 16.9. The average Bonchev–Trinajstić information content (AvgIpc) is 3.36. The summed E-state index contributed by atoms with van der Waals surface area (Å²) in [5.41, 5.74) is 6.14. The SMILES string of the molecule is CCC/C(=C1/NC(=NC(CO)c2ccccc2)NC1=O)c1ccc2ncsc2c1. The van der Waals surface area contributed by atoms with Crippen LogP contribution >= 0.6 is 11.3 Å². The Morgan fingerprint density at radius 3 is 2.79 bits per heavy atom. The maximum absolute atomic E-state index is 12.7. The molecule has 1 saturated heterocycles. The lowest BCUT2D eigenvalue weighted by molar-refractivity contribution is -0.115. The number of allylic oxidation sites excluding steroid dienone is 1. The van der Waals surface area contributed by atoms with Gasteiger partial charge in [0.1, 0.15) is 11.7 Å². The Labute approximate surface area is 173 Å². The molecule has 1 aliphatic heterocycles. The van der Waals surface area contributed by atoms with Gasteiger partial charge in [0.15, 0.2) is 0 Å². The van der Waals surface area contributed by atoms with Gasteiger partial charge in [-0.05, 0) is 35.3 Å². The van der Waals surface area contributed by atoms with Crippen molar-refractivity contribution in [2.24, 2.45) is 4.99 Å². The topological polar surface area (TPSA) is 86.6 Å². The number of nitrogens with zero attached hydrogens (tertiary/aromatic N) is 2. The van der Waals surface area contributed by atoms with Crippen LogP contribution in [0.4, 0.5) is 0 Å². The van der Waals surface area contributed by atoms with Gasteiger partial charge >= 0.3 is 0 Å². The minimum absolute atomic E-state index is 0.145. The predicted molar refractivity (Wildman–Crippen MR) is 116 cm³/mol. The molecule has 0 radical (unpaired) electrons. The molecule has 7 heteroatoms. The number of thiazole rings is 1. The number of aromatic nitrogens is 1. The summed E-state index contributed by atoms with van der Waals surface area (Å²) in [5.74, 6) is 0.154. The monoisotopic (exact) mass is 406 g/mol. The van der Waals surface area contributed by atoms with E-state index in [1.54, 1.807) is 11.3 Å². The van der Waals surface area contributed by atoms with Crippen LogP contribution in [0.5, 0.6) is 0 Å². The van der Waals surface area contributed by atoms with Crippen LogP contribution in [0.25, 0.3) is 15.8 Å². The van der Waals surface area contributed by atoms with Crippen LogP contribution in [0.1, 0.15) is 36.9 Å². The highest BCUT2D eigenvalue weighted by molar-refractivity contribution is 7.16. The second-order valence-corrected chi connectivity index (χ2v) is 7.69. The van der Waals surface area contributed by atoms with Crippen LogP contribution < -0.4 is 10.6 Å². The molecule has 0 saturated carbocycles. The highest BCUT2D eigenvalue weighted by atomic mass is 32.1. The number of fused-ring (bicyclic) bond motifs is 1. The summed E-state index contributed by atoms with van der Waals surface area (Å²) in [4.78, 5) is 21.6. The van der Waals surface area contributed by atoms with Gasteiger partial charge in [-0.1, -0.05) is 49.7 Å². The van der Waals surface area contributed by atoms with Crippen molar-refractivity contribution in [1.29, 1.82) is 0 Å².